The van der Waals surface area contributed by atoms with Crippen molar-refractivity contribution in [3.8, 4) is 16.9 Å². The number of hydrogen-bond acceptors (Lipinski definition) is 7. The molecule has 0 radical (unpaired) electrons. The molecule has 1 fully saturated rings. The summed E-state index contributed by atoms with van der Waals surface area (Å²) < 4.78 is 43.9. The van der Waals surface area contributed by atoms with E-state index in [0.717, 1.165) is 55.7 Å². The standard InChI is InChI=1S/C24H31FN2O7S/c1-24(23(30)26-31,35(2,32)33)11-12-27-14-21(25)20(13-22(27)29)17-5-9-19(10-6-17)34-15-16-3-7-18(28)8-4-16/h5-6,9-10,13-14,16,18,28,31H,3-4,7-8,11-12,15H2,1-2H3,(H,26,30). The van der Waals surface area contributed by atoms with Crippen LogP contribution >= 0.6 is 0 Å². The van der Waals surface area contributed by atoms with E-state index in [2.05, 4.69) is 0 Å². The first kappa shape index (κ1) is 26.8. The number of aliphatic hydroxyl groups excluding tert-OH is 1. The number of sulfone groups is 1. The fraction of sp³-hybridized carbons (Fsp3) is 0.500. The van der Waals surface area contributed by atoms with Crippen LogP contribution in [0.25, 0.3) is 11.1 Å². The zero-order chi connectivity index (χ0) is 25.8. The van der Waals surface area contributed by atoms with Crippen molar-refractivity contribution in [3.63, 3.8) is 0 Å². The van der Waals surface area contributed by atoms with Crippen molar-refractivity contribution in [2.24, 2.45) is 5.92 Å². The summed E-state index contributed by atoms with van der Waals surface area (Å²) in [7, 11) is -3.94. The third kappa shape index (κ3) is 6.28. The van der Waals surface area contributed by atoms with E-state index < -0.39 is 31.9 Å². The number of rotatable bonds is 9. The van der Waals surface area contributed by atoms with Crippen LogP contribution in [0.1, 0.15) is 39.0 Å². The van der Waals surface area contributed by atoms with Crippen molar-refractivity contribution >= 4 is 15.7 Å². The molecule has 1 aliphatic rings. The number of nitrogens with one attached hydrogen (secondary N) is 1. The summed E-state index contributed by atoms with van der Waals surface area (Å²) in [6.07, 6.45) is 4.63. The second kappa shape index (κ2) is 10.9. The number of ether oxygens (including phenoxy) is 1. The van der Waals surface area contributed by atoms with E-state index in [1.807, 2.05) is 0 Å². The van der Waals surface area contributed by atoms with Gasteiger partial charge in [0.2, 0.25) is 0 Å². The molecule has 35 heavy (non-hydrogen) atoms. The summed E-state index contributed by atoms with van der Waals surface area (Å²) in [5.74, 6) is -0.813. The molecule has 0 spiro atoms. The zero-order valence-corrected chi connectivity index (χ0v) is 20.6. The fourth-order valence-corrected chi connectivity index (χ4v) is 4.96. The van der Waals surface area contributed by atoms with Crippen molar-refractivity contribution in [1.82, 2.24) is 10.0 Å². The number of hydrogen-bond donors (Lipinski definition) is 3. The van der Waals surface area contributed by atoms with Gasteiger partial charge in [0.1, 0.15) is 11.6 Å². The highest BCUT2D eigenvalue weighted by atomic mass is 32.2. The van der Waals surface area contributed by atoms with Gasteiger partial charge >= 0.3 is 0 Å². The maximum atomic E-state index is 14.9. The van der Waals surface area contributed by atoms with Gasteiger partial charge in [-0.25, -0.2) is 18.3 Å². The molecule has 11 heteroatoms. The van der Waals surface area contributed by atoms with Crippen LogP contribution in [0.15, 0.2) is 41.3 Å². The van der Waals surface area contributed by atoms with E-state index in [0.29, 0.717) is 23.8 Å². The smallest absolute Gasteiger partial charge is 0.264 e. The lowest BCUT2D eigenvalue weighted by atomic mass is 9.88. The third-order valence-electron chi connectivity index (χ3n) is 6.77. The maximum Gasteiger partial charge on any atom is 0.264 e. The predicted octanol–water partition coefficient (Wildman–Crippen LogP) is 2.28. The minimum atomic E-state index is -3.94. The molecule has 3 rings (SSSR count). The van der Waals surface area contributed by atoms with Crippen LogP contribution in [-0.2, 0) is 21.2 Å². The van der Waals surface area contributed by atoms with Crippen molar-refractivity contribution in [2.45, 2.75) is 56.4 Å². The summed E-state index contributed by atoms with van der Waals surface area (Å²) in [5.41, 5.74) is 1.33. The molecule has 1 aromatic heterocycles. The summed E-state index contributed by atoms with van der Waals surface area (Å²) in [4.78, 5) is 24.5. The van der Waals surface area contributed by atoms with E-state index in [4.69, 9.17) is 9.94 Å². The van der Waals surface area contributed by atoms with Crippen molar-refractivity contribution in [1.29, 1.82) is 0 Å². The summed E-state index contributed by atoms with van der Waals surface area (Å²) in [6, 6.07) is 7.80. The Labute approximate surface area is 203 Å². The topological polar surface area (TPSA) is 135 Å². The number of carbonyl (C=O) groups is 1. The lowest BCUT2D eigenvalue weighted by Gasteiger charge is -2.25. The highest BCUT2D eigenvalue weighted by molar-refractivity contribution is 7.92. The molecule has 192 valence electrons. The lowest BCUT2D eigenvalue weighted by molar-refractivity contribution is -0.131. The number of hydroxylamine groups is 1. The molecule has 1 heterocycles. The first-order valence-corrected chi connectivity index (χ1v) is 13.3. The Hall–Kier alpha value is -2.76. The molecule has 0 aliphatic heterocycles. The highest BCUT2D eigenvalue weighted by Gasteiger charge is 2.43. The van der Waals surface area contributed by atoms with Crippen LogP contribution < -0.4 is 15.8 Å². The number of halogens is 1. The van der Waals surface area contributed by atoms with Gasteiger partial charge < -0.3 is 14.4 Å². The molecule has 9 nitrogen and oxygen atoms in total. The average molecular weight is 511 g/mol. The minimum Gasteiger partial charge on any atom is -0.493 e. The van der Waals surface area contributed by atoms with Gasteiger partial charge in [-0.15, -0.1) is 0 Å². The van der Waals surface area contributed by atoms with Gasteiger partial charge in [-0.1, -0.05) is 12.1 Å². The van der Waals surface area contributed by atoms with E-state index >= 15 is 0 Å². The second-order valence-electron chi connectivity index (χ2n) is 9.27. The van der Waals surface area contributed by atoms with Crippen LogP contribution in [0.2, 0.25) is 0 Å². The van der Waals surface area contributed by atoms with Crippen LogP contribution in [0.3, 0.4) is 0 Å². The Kier molecular flexibility index (Phi) is 8.34. The van der Waals surface area contributed by atoms with Gasteiger partial charge in [-0.2, -0.15) is 0 Å². The fourth-order valence-electron chi connectivity index (χ4n) is 4.12. The van der Waals surface area contributed by atoms with Crippen molar-refractivity contribution < 1.29 is 32.7 Å². The van der Waals surface area contributed by atoms with Crippen molar-refractivity contribution in [2.75, 3.05) is 12.9 Å². The van der Waals surface area contributed by atoms with E-state index in [-0.39, 0.29) is 24.6 Å². The molecule has 1 amide bonds. The maximum absolute atomic E-state index is 14.9. The minimum absolute atomic E-state index is 0.0815. The first-order valence-electron chi connectivity index (χ1n) is 11.4. The normalized spacial score (nSPS) is 20.1. The number of benzene rings is 1. The molecule has 1 aromatic carbocycles. The Bertz CT molecular complexity index is 1210. The SMILES string of the molecule is CC(CCn1cc(F)c(-c2ccc(OCC3CCC(O)CC3)cc2)cc1=O)(C(=O)NO)S(C)(=O)=O. The van der Waals surface area contributed by atoms with Gasteiger partial charge in [0.25, 0.3) is 11.5 Å². The first-order chi connectivity index (χ1) is 16.4. The number of aromatic nitrogens is 1. The van der Waals surface area contributed by atoms with E-state index in [9.17, 15) is 27.5 Å². The number of carbonyl (C=O) groups excluding carboxylic acids is 1. The molecule has 1 aliphatic carbocycles. The van der Waals surface area contributed by atoms with Gasteiger partial charge in [0, 0.05) is 30.6 Å². The monoisotopic (exact) mass is 510 g/mol. The van der Waals surface area contributed by atoms with Crippen LogP contribution in [0.5, 0.6) is 5.75 Å². The number of nitrogens with zero attached hydrogens (tertiary/aromatic N) is 1. The summed E-state index contributed by atoms with van der Waals surface area (Å²) in [6.45, 7) is 1.42. The van der Waals surface area contributed by atoms with Crippen LogP contribution in [-0.4, -0.2) is 52.9 Å². The van der Waals surface area contributed by atoms with Gasteiger partial charge in [0.15, 0.2) is 14.6 Å². The van der Waals surface area contributed by atoms with E-state index in [1.54, 1.807) is 24.3 Å². The molecular formula is C24H31FN2O7S. The van der Waals surface area contributed by atoms with Gasteiger partial charge in [-0.05, 0) is 62.6 Å². The Morgan fingerprint density at radius 3 is 2.43 bits per heavy atom. The predicted molar refractivity (Wildman–Crippen MR) is 127 cm³/mol. The Morgan fingerprint density at radius 2 is 1.86 bits per heavy atom. The average Bonchev–Trinajstić information content (AvgIpc) is 2.83. The van der Waals surface area contributed by atoms with Gasteiger partial charge in [-0.3, -0.25) is 14.8 Å². The molecule has 2 aromatic rings. The Morgan fingerprint density at radius 1 is 1.23 bits per heavy atom. The number of aliphatic hydroxyl groups is 1. The molecule has 0 bridgehead atoms. The lowest BCUT2D eigenvalue weighted by Crippen LogP contribution is -2.50. The van der Waals surface area contributed by atoms with E-state index in [1.165, 1.54) is 5.48 Å². The molecule has 3 N–H and O–H groups in total. The van der Waals surface area contributed by atoms with Crippen LogP contribution in [0, 0.1) is 11.7 Å². The van der Waals surface area contributed by atoms with Crippen LogP contribution in [0.4, 0.5) is 4.39 Å². The molecule has 1 atom stereocenters. The molecule has 1 saturated carbocycles. The van der Waals surface area contributed by atoms with Gasteiger partial charge in [0.05, 0.1) is 12.7 Å². The molecule has 1 unspecified atom stereocenters. The Balaban J connectivity index is 1.70. The number of pyridine rings is 1. The third-order valence-corrected chi connectivity index (χ3v) is 8.80. The molecular weight excluding hydrogens is 479 g/mol. The quantitative estimate of drug-likeness (QED) is 0.348. The summed E-state index contributed by atoms with van der Waals surface area (Å²) >= 11 is 0. The second-order valence-corrected chi connectivity index (χ2v) is 11.7. The zero-order valence-electron chi connectivity index (χ0n) is 19.7. The highest BCUT2D eigenvalue weighted by Crippen LogP contribution is 2.28. The summed E-state index contributed by atoms with van der Waals surface area (Å²) in [5, 5.41) is 18.5. The number of amides is 1. The molecule has 0 saturated heterocycles. The van der Waals surface area contributed by atoms with Crippen molar-refractivity contribution in [3.05, 3.63) is 52.7 Å². The number of aryl methyl sites for hydroxylation is 1. The largest absolute Gasteiger partial charge is 0.493 e.